The lowest BCUT2D eigenvalue weighted by molar-refractivity contribution is 0.250. The highest BCUT2D eigenvalue weighted by molar-refractivity contribution is 4.84. The monoisotopic (exact) mass is 298 g/mol. The van der Waals surface area contributed by atoms with E-state index in [4.69, 9.17) is 0 Å². The number of unbranched alkanes of at least 4 members (excludes halogenated alkanes) is 10. The van der Waals surface area contributed by atoms with Gasteiger partial charge < -0.3 is 11.1 Å². The maximum Gasteiger partial charge on any atom is 0.00964 e. The number of nitrogens with zero attached hydrogens (tertiary/aromatic N) is 1. The summed E-state index contributed by atoms with van der Waals surface area (Å²) >= 11 is 0. The molecule has 1 aliphatic rings. The fourth-order valence-electron chi connectivity index (χ4n) is 3.11. The number of hydrogen-bond donors (Lipinski definition) is 1. The summed E-state index contributed by atoms with van der Waals surface area (Å²) in [5, 5.41) is 0. The Bertz CT molecular complexity index is 186. The topological polar surface area (TPSA) is 38.2 Å². The maximum atomic E-state index is 2.81. The van der Waals surface area contributed by atoms with Crippen LogP contribution in [0.5, 0.6) is 0 Å². The number of hydrogen-bond acceptors (Lipinski definition) is 2. The molecule has 0 spiro atoms. The predicted molar refractivity (Wildman–Crippen MR) is 96.4 cm³/mol. The van der Waals surface area contributed by atoms with Gasteiger partial charge in [-0.05, 0) is 38.8 Å². The molecule has 0 heterocycles. The van der Waals surface area contributed by atoms with Crippen LogP contribution in [0.1, 0.15) is 104 Å². The van der Waals surface area contributed by atoms with Crippen LogP contribution in [0.3, 0.4) is 0 Å². The standard InChI is InChI=1S/C19H39N.H3N/c1-3-5-7-9-11-13-17-20(19-15-16-19)18-14-12-10-8-6-4-2;/h19H,3-18H2,1-2H3;1H3. The summed E-state index contributed by atoms with van der Waals surface area (Å²) in [6.45, 7) is 7.36. The molecule has 0 unspecified atom stereocenters. The molecular weight excluding hydrogens is 256 g/mol. The predicted octanol–water partition coefficient (Wildman–Crippen LogP) is 6.33. The van der Waals surface area contributed by atoms with Crippen molar-refractivity contribution in [3.8, 4) is 0 Å². The second-order valence-corrected chi connectivity index (χ2v) is 6.80. The molecule has 3 N–H and O–H groups in total. The van der Waals surface area contributed by atoms with Gasteiger partial charge in [-0.25, -0.2) is 0 Å². The van der Waals surface area contributed by atoms with Gasteiger partial charge in [0, 0.05) is 6.04 Å². The van der Waals surface area contributed by atoms with Gasteiger partial charge in [-0.2, -0.15) is 0 Å². The Balaban J connectivity index is 0.00000400. The Labute approximate surface area is 134 Å². The van der Waals surface area contributed by atoms with Crippen LogP contribution >= 0.6 is 0 Å². The van der Waals surface area contributed by atoms with E-state index in [-0.39, 0.29) is 6.15 Å². The van der Waals surface area contributed by atoms with Crippen LogP contribution in [0.15, 0.2) is 0 Å². The molecule has 0 amide bonds. The second-order valence-electron chi connectivity index (χ2n) is 6.80. The largest absolute Gasteiger partial charge is 0.344 e. The van der Waals surface area contributed by atoms with E-state index in [1.54, 1.807) is 0 Å². The van der Waals surface area contributed by atoms with Crippen molar-refractivity contribution in [2.45, 2.75) is 110 Å². The molecule has 0 atom stereocenters. The maximum absolute atomic E-state index is 2.81. The molecule has 1 fully saturated rings. The molecule has 0 saturated heterocycles. The van der Waals surface area contributed by atoms with Crippen molar-refractivity contribution in [1.82, 2.24) is 11.1 Å². The zero-order valence-corrected chi connectivity index (χ0v) is 15.0. The van der Waals surface area contributed by atoms with Gasteiger partial charge in [0.25, 0.3) is 0 Å². The minimum atomic E-state index is 0. The number of rotatable bonds is 15. The lowest BCUT2D eigenvalue weighted by atomic mass is 10.1. The van der Waals surface area contributed by atoms with Crippen LogP contribution in [-0.4, -0.2) is 24.0 Å². The van der Waals surface area contributed by atoms with Gasteiger partial charge in [0.1, 0.15) is 0 Å². The SMILES string of the molecule is CCCCCCCCN(CCCCCCCC)C1CC1.N. The molecular formula is C19H42N2. The first-order chi connectivity index (χ1) is 9.88. The van der Waals surface area contributed by atoms with Crippen LogP contribution in [0.2, 0.25) is 0 Å². The lowest BCUT2D eigenvalue weighted by Crippen LogP contribution is -2.28. The van der Waals surface area contributed by atoms with E-state index >= 15 is 0 Å². The molecule has 0 aromatic rings. The van der Waals surface area contributed by atoms with Crippen molar-refractivity contribution in [1.29, 1.82) is 0 Å². The van der Waals surface area contributed by atoms with E-state index in [0.29, 0.717) is 0 Å². The molecule has 128 valence electrons. The van der Waals surface area contributed by atoms with Gasteiger partial charge in [0.2, 0.25) is 0 Å². The Morgan fingerprint density at radius 1 is 0.619 bits per heavy atom. The summed E-state index contributed by atoms with van der Waals surface area (Å²) in [4.78, 5) is 2.81. The summed E-state index contributed by atoms with van der Waals surface area (Å²) in [6.07, 6.45) is 20.2. The highest BCUT2D eigenvalue weighted by Gasteiger charge is 2.27. The van der Waals surface area contributed by atoms with Gasteiger partial charge in [-0.15, -0.1) is 0 Å². The van der Waals surface area contributed by atoms with E-state index < -0.39 is 0 Å². The third-order valence-corrected chi connectivity index (χ3v) is 4.66. The molecule has 0 aliphatic heterocycles. The summed E-state index contributed by atoms with van der Waals surface area (Å²) < 4.78 is 0. The molecule has 2 heteroatoms. The molecule has 21 heavy (non-hydrogen) atoms. The zero-order valence-electron chi connectivity index (χ0n) is 15.0. The van der Waals surface area contributed by atoms with Crippen LogP contribution in [0, 0.1) is 0 Å². The molecule has 0 radical (unpaired) electrons. The first kappa shape index (κ1) is 20.9. The van der Waals surface area contributed by atoms with Crippen LogP contribution in [0.4, 0.5) is 0 Å². The minimum absolute atomic E-state index is 0. The normalized spacial score (nSPS) is 14.4. The summed E-state index contributed by atoms with van der Waals surface area (Å²) in [5.41, 5.74) is 0. The summed E-state index contributed by atoms with van der Waals surface area (Å²) in [5.74, 6) is 0. The Kier molecular flexibility index (Phi) is 14.8. The van der Waals surface area contributed by atoms with Gasteiger partial charge in [0.05, 0.1) is 0 Å². The average Bonchev–Trinajstić information content (AvgIpc) is 3.28. The smallest absolute Gasteiger partial charge is 0.00964 e. The molecule has 1 rings (SSSR count). The third kappa shape index (κ3) is 12.2. The highest BCUT2D eigenvalue weighted by Crippen LogP contribution is 2.27. The van der Waals surface area contributed by atoms with E-state index in [1.807, 2.05) is 0 Å². The lowest BCUT2D eigenvalue weighted by Gasteiger charge is -2.21. The molecule has 0 aromatic heterocycles. The third-order valence-electron chi connectivity index (χ3n) is 4.66. The second kappa shape index (κ2) is 14.8. The Morgan fingerprint density at radius 2 is 1.00 bits per heavy atom. The summed E-state index contributed by atoms with van der Waals surface area (Å²) in [6, 6.07) is 0.973. The van der Waals surface area contributed by atoms with Crippen LogP contribution in [-0.2, 0) is 0 Å². The van der Waals surface area contributed by atoms with E-state index in [0.717, 1.165) is 6.04 Å². The van der Waals surface area contributed by atoms with Gasteiger partial charge >= 0.3 is 0 Å². The van der Waals surface area contributed by atoms with Crippen molar-refractivity contribution >= 4 is 0 Å². The van der Waals surface area contributed by atoms with Gasteiger partial charge in [0.15, 0.2) is 0 Å². The van der Waals surface area contributed by atoms with Gasteiger partial charge in [-0.3, -0.25) is 0 Å². The molecule has 0 aromatic carbocycles. The Hall–Kier alpha value is -0.0800. The fourth-order valence-corrected chi connectivity index (χ4v) is 3.11. The summed E-state index contributed by atoms with van der Waals surface area (Å²) in [7, 11) is 0. The first-order valence-corrected chi connectivity index (χ1v) is 9.62. The quantitative estimate of drug-likeness (QED) is 0.358. The first-order valence-electron chi connectivity index (χ1n) is 9.62. The molecule has 2 nitrogen and oxygen atoms in total. The minimum Gasteiger partial charge on any atom is -0.344 e. The molecule has 1 aliphatic carbocycles. The van der Waals surface area contributed by atoms with Crippen LogP contribution in [0.25, 0.3) is 0 Å². The van der Waals surface area contributed by atoms with Crippen LogP contribution < -0.4 is 6.15 Å². The van der Waals surface area contributed by atoms with Crippen molar-refractivity contribution in [2.24, 2.45) is 0 Å². The zero-order chi connectivity index (χ0) is 14.5. The molecule has 1 saturated carbocycles. The van der Waals surface area contributed by atoms with E-state index in [2.05, 4.69) is 18.7 Å². The van der Waals surface area contributed by atoms with Crippen molar-refractivity contribution in [3.63, 3.8) is 0 Å². The van der Waals surface area contributed by atoms with E-state index in [1.165, 1.54) is 103 Å². The highest BCUT2D eigenvalue weighted by atomic mass is 15.2. The van der Waals surface area contributed by atoms with E-state index in [9.17, 15) is 0 Å². The van der Waals surface area contributed by atoms with Crippen molar-refractivity contribution in [2.75, 3.05) is 13.1 Å². The van der Waals surface area contributed by atoms with Crippen molar-refractivity contribution in [3.05, 3.63) is 0 Å². The average molecular weight is 299 g/mol. The fraction of sp³-hybridized carbons (Fsp3) is 1.00. The molecule has 0 bridgehead atoms. The van der Waals surface area contributed by atoms with Gasteiger partial charge in [-0.1, -0.05) is 78.1 Å². The Morgan fingerprint density at radius 3 is 1.38 bits per heavy atom. The van der Waals surface area contributed by atoms with Crippen molar-refractivity contribution < 1.29 is 0 Å².